The molecule has 7 nitrogen and oxygen atoms in total. The highest BCUT2D eigenvalue weighted by atomic mass is 16.6. The molecule has 2 aliphatic heterocycles. The van der Waals surface area contributed by atoms with Crippen LogP contribution in [0, 0.1) is 0 Å². The van der Waals surface area contributed by atoms with Gasteiger partial charge in [-0.1, -0.05) is 12.1 Å². The molecule has 0 atom stereocenters. The predicted molar refractivity (Wildman–Crippen MR) is 103 cm³/mol. The minimum Gasteiger partial charge on any atom is -0.450 e. The van der Waals surface area contributed by atoms with Crippen molar-refractivity contribution in [1.29, 1.82) is 0 Å². The molecular formula is C20H29N3O4. The molecule has 3 rings (SSSR count). The van der Waals surface area contributed by atoms with Crippen molar-refractivity contribution in [3.8, 4) is 0 Å². The number of rotatable bonds is 5. The van der Waals surface area contributed by atoms with Crippen molar-refractivity contribution in [3.63, 3.8) is 0 Å². The number of benzene rings is 1. The Labute approximate surface area is 160 Å². The van der Waals surface area contributed by atoms with Crippen LogP contribution < -0.4 is 4.90 Å². The topological polar surface area (TPSA) is 62.3 Å². The number of hydrogen-bond donors (Lipinski definition) is 0. The highest BCUT2D eigenvalue weighted by Gasteiger charge is 2.24. The Kier molecular flexibility index (Phi) is 6.92. The summed E-state index contributed by atoms with van der Waals surface area (Å²) in [4.78, 5) is 30.0. The zero-order chi connectivity index (χ0) is 19.1. The molecule has 0 radical (unpaired) electrons. The summed E-state index contributed by atoms with van der Waals surface area (Å²) >= 11 is 0. The number of hydrogen-bond acceptors (Lipinski definition) is 5. The second kappa shape index (κ2) is 9.60. The number of carbonyl (C=O) groups is 2. The number of anilines is 1. The van der Waals surface area contributed by atoms with Crippen LogP contribution >= 0.6 is 0 Å². The van der Waals surface area contributed by atoms with Gasteiger partial charge < -0.3 is 24.2 Å². The van der Waals surface area contributed by atoms with E-state index in [9.17, 15) is 9.59 Å². The van der Waals surface area contributed by atoms with Crippen molar-refractivity contribution in [2.75, 3.05) is 64.0 Å². The molecule has 0 saturated carbocycles. The fourth-order valence-corrected chi connectivity index (χ4v) is 3.46. The van der Waals surface area contributed by atoms with E-state index in [-0.39, 0.29) is 12.0 Å². The van der Waals surface area contributed by atoms with Crippen LogP contribution in [0.4, 0.5) is 10.5 Å². The number of amides is 2. The van der Waals surface area contributed by atoms with Crippen molar-refractivity contribution in [3.05, 3.63) is 29.8 Å². The largest absolute Gasteiger partial charge is 0.450 e. The molecule has 2 fully saturated rings. The summed E-state index contributed by atoms with van der Waals surface area (Å²) in [5, 5.41) is 0. The normalized spacial score (nSPS) is 17.7. The molecule has 0 unspecified atom stereocenters. The molecule has 0 spiro atoms. The number of morpholine rings is 1. The van der Waals surface area contributed by atoms with Gasteiger partial charge in [0.1, 0.15) is 0 Å². The lowest BCUT2D eigenvalue weighted by Crippen LogP contribution is -2.50. The lowest BCUT2D eigenvalue weighted by Gasteiger charge is -2.34. The van der Waals surface area contributed by atoms with Gasteiger partial charge in [0.25, 0.3) is 0 Å². The van der Waals surface area contributed by atoms with Gasteiger partial charge in [-0.05, 0) is 31.0 Å². The molecule has 0 N–H and O–H groups in total. The second-order valence-corrected chi connectivity index (χ2v) is 6.83. The number of nitrogens with zero attached hydrogens (tertiary/aromatic N) is 3. The van der Waals surface area contributed by atoms with E-state index in [0.29, 0.717) is 39.2 Å². The Hall–Kier alpha value is -2.28. The van der Waals surface area contributed by atoms with Gasteiger partial charge in [-0.25, -0.2) is 4.79 Å². The summed E-state index contributed by atoms with van der Waals surface area (Å²) in [6.07, 6.45) is 0.946. The first kappa shape index (κ1) is 19.5. The number of piperazine rings is 1. The van der Waals surface area contributed by atoms with E-state index >= 15 is 0 Å². The number of ether oxygens (including phenoxy) is 2. The van der Waals surface area contributed by atoms with Crippen LogP contribution in [0.25, 0.3) is 0 Å². The van der Waals surface area contributed by atoms with Gasteiger partial charge in [0, 0.05) is 51.4 Å². The maximum Gasteiger partial charge on any atom is 0.409 e. The summed E-state index contributed by atoms with van der Waals surface area (Å²) in [5.74, 6) is 0.149. The first-order valence-corrected chi connectivity index (χ1v) is 9.78. The van der Waals surface area contributed by atoms with Gasteiger partial charge in [-0.3, -0.25) is 4.79 Å². The molecule has 27 heavy (non-hydrogen) atoms. The van der Waals surface area contributed by atoms with Crippen molar-refractivity contribution < 1.29 is 19.1 Å². The maximum absolute atomic E-state index is 12.5. The van der Waals surface area contributed by atoms with Crippen molar-refractivity contribution >= 4 is 17.7 Å². The van der Waals surface area contributed by atoms with Crippen LogP contribution in [0.15, 0.2) is 24.3 Å². The first-order chi connectivity index (χ1) is 13.2. The summed E-state index contributed by atoms with van der Waals surface area (Å²) in [5.41, 5.74) is 2.38. The summed E-state index contributed by atoms with van der Waals surface area (Å²) in [6, 6.07) is 8.47. The number of carbonyl (C=O) groups excluding carboxylic acids is 2. The average molecular weight is 375 g/mol. The van der Waals surface area contributed by atoms with Crippen LogP contribution in [0.5, 0.6) is 0 Å². The molecule has 2 amide bonds. The van der Waals surface area contributed by atoms with Crippen molar-refractivity contribution in [2.24, 2.45) is 0 Å². The average Bonchev–Trinajstić information content (AvgIpc) is 2.73. The molecule has 0 bridgehead atoms. The first-order valence-electron chi connectivity index (χ1n) is 9.78. The fourth-order valence-electron chi connectivity index (χ4n) is 3.46. The molecule has 1 aromatic carbocycles. The monoisotopic (exact) mass is 375 g/mol. The molecule has 7 heteroatoms. The van der Waals surface area contributed by atoms with E-state index < -0.39 is 0 Å². The smallest absolute Gasteiger partial charge is 0.409 e. The van der Waals surface area contributed by atoms with Crippen LogP contribution in [-0.4, -0.2) is 80.9 Å². The van der Waals surface area contributed by atoms with Crippen LogP contribution in [0.1, 0.15) is 18.9 Å². The molecule has 0 aliphatic carbocycles. The van der Waals surface area contributed by atoms with Gasteiger partial charge in [-0.2, -0.15) is 0 Å². The minimum atomic E-state index is -0.287. The third kappa shape index (κ3) is 5.35. The summed E-state index contributed by atoms with van der Waals surface area (Å²) in [7, 11) is 0. The maximum atomic E-state index is 12.5. The van der Waals surface area contributed by atoms with Crippen molar-refractivity contribution in [1.82, 2.24) is 9.80 Å². The van der Waals surface area contributed by atoms with Crippen LogP contribution in [-0.2, 0) is 20.7 Å². The lowest BCUT2D eigenvalue weighted by molar-refractivity contribution is -0.132. The Balaban J connectivity index is 1.42. The zero-order valence-corrected chi connectivity index (χ0v) is 16.1. The minimum absolute atomic E-state index is 0.149. The van der Waals surface area contributed by atoms with Gasteiger partial charge in [-0.15, -0.1) is 0 Å². The third-order valence-corrected chi connectivity index (χ3v) is 5.10. The Morgan fingerprint density at radius 1 is 0.963 bits per heavy atom. The second-order valence-electron chi connectivity index (χ2n) is 6.83. The van der Waals surface area contributed by atoms with Gasteiger partial charge in [0.2, 0.25) is 5.91 Å². The molecule has 0 aromatic heterocycles. The molecule has 1 aromatic rings. The quantitative estimate of drug-likeness (QED) is 0.785. The van der Waals surface area contributed by atoms with Gasteiger partial charge >= 0.3 is 6.09 Å². The molecule has 2 saturated heterocycles. The zero-order valence-electron chi connectivity index (χ0n) is 16.1. The highest BCUT2D eigenvalue weighted by molar-refractivity contribution is 5.77. The van der Waals surface area contributed by atoms with E-state index in [2.05, 4.69) is 29.2 Å². The molecule has 148 valence electrons. The summed E-state index contributed by atoms with van der Waals surface area (Å²) < 4.78 is 10.4. The Morgan fingerprint density at radius 3 is 2.22 bits per heavy atom. The SMILES string of the molecule is CCOC(=O)N1CCN(C(=O)CCc2ccc(N3CCOCC3)cc2)CC1. The van der Waals surface area contributed by atoms with E-state index in [0.717, 1.165) is 32.7 Å². The molecular weight excluding hydrogens is 346 g/mol. The van der Waals surface area contributed by atoms with Crippen LogP contribution in [0.2, 0.25) is 0 Å². The van der Waals surface area contributed by atoms with E-state index in [1.54, 1.807) is 11.8 Å². The number of aryl methyl sites for hydroxylation is 1. The van der Waals surface area contributed by atoms with Crippen LogP contribution in [0.3, 0.4) is 0 Å². The van der Waals surface area contributed by atoms with Crippen molar-refractivity contribution in [2.45, 2.75) is 19.8 Å². The van der Waals surface area contributed by atoms with Gasteiger partial charge in [0.05, 0.1) is 19.8 Å². The van der Waals surface area contributed by atoms with Gasteiger partial charge in [0.15, 0.2) is 0 Å². The molecule has 2 aliphatic rings. The molecule has 2 heterocycles. The standard InChI is InChI=1S/C20H29N3O4/c1-2-27-20(25)23-11-9-22(10-12-23)19(24)8-5-17-3-6-18(7-4-17)21-13-15-26-16-14-21/h3-4,6-7H,2,5,8-16H2,1H3. The Morgan fingerprint density at radius 2 is 1.59 bits per heavy atom. The van der Waals surface area contributed by atoms with E-state index in [1.165, 1.54) is 11.3 Å². The Bertz CT molecular complexity index is 621. The predicted octanol–water partition coefficient (Wildman–Crippen LogP) is 1.76. The third-order valence-electron chi connectivity index (χ3n) is 5.10. The van der Waals surface area contributed by atoms with E-state index in [4.69, 9.17) is 9.47 Å². The lowest BCUT2D eigenvalue weighted by atomic mass is 10.1. The van der Waals surface area contributed by atoms with E-state index in [1.807, 2.05) is 4.90 Å². The fraction of sp³-hybridized carbons (Fsp3) is 0.600. The highest BCUT2D eigenvalue weighted by Crippen LogP contribution is 2.18. The summed E-state index contributed by atoms with van der Waals surface area (Å²) in [6.45, 7) is 7.82.